The number of nitrogen functional groups attached to an aromatic ring is 1. The molecule has 0 radical (unpaired) electrons. The first kappa shape index (κ1) is 15.9. The molecule has 0 saturated carbocycles. The third kappa shape index (κ3) is 4.77. The van der Waals surface area contributed by atoms with Crippen molar-refractivity contribution in [2.75, 3.05) is 17.7 Å². The fourth-order valence-electron chi connectivity index (χ4n) is 2.47. The number of hydrogen-bond donors (Lipinski definition) is 2. The van der Waals surface area contributed by atoms with E-state index in [1.807, 2.05) is 32.9 Å². The minimum atomic E-state index is -0.319. The third-order valence-corrected chi connectivity index (χ3v) is 3.34. The van der Waals surface area contributed by atoms with Gasteiger partial charge in [0.25, 0.3) is 0 Å². The van der Waals surface area contributed by atoms with Gasteiger partial charge in [-0.1, -0.05) is 0 Å². The van der Waals surface area contributed by atoms with Crippen LogP contribution in [0.25, 0.3) is 0 Å². The summed E-state index contributed by atoms with van der Waals surface area (Å²) < 4.78 is 11.5. The van der Waals surface area contributed by atoms with Crippen LogP contribution in [-0.4, -0.2) is 28.8 Å². The summed E-state index contributed by atoms with van der Waals surface area (Å²) in [4.78, 5) is 4.50. The van der Waals surface area contributed by atoms with Gasteiger partial charge in [0.2, 0.25) is 5.88 Å². The number of hydrogen-bond acceptors (Lipinski definition) is 5. The molecule has 1 aromatic rings. The van der Waals surface area contributed by atoms with Crippen molar-refractivity contribution < 1.29 is 9.47 Å². The lowest BCUT2D eigenvalue weighted by atomic mass is 9.94. The Labute approximate surface area is 127 Å². The fourth-order valence-corrected chi connectivity index (χ4v) is 2.47. The lowest BCUT2D eigenvalue weighted by Crippen LogP contribution is -2.40. The molecule has 0 amide bonds. The zero-order chi connectivity index (χ0) is 15.7. The van der Waals surface area contributed by atoms with E-state index in [4.69, 9.17) is 15.2 Å². The molecular formula is C16H27N3O2. The number of anilines is 2. The topological polar surface area (TPSA) is 69.4 Å². The quantitative estimate of drug-likeness (QED) is 0.895. The molecule has 2 heterocycles. The number of ether oxygens (including phenoxy) is 2. The van der Waals surface area contributed by atoms with Crippen molar-refractivity contribution in [1.82, 2.24) is 4.98 Å². The van der Waals surface area contributed by atoms with E-state index in [1.54, 1.807) is 0 Å². The second kappa shape index (κ2) is 5.72. The Hall–Kier alpha value is -1.49. The van der Waals surface area contributed by atoms with Crippen LogP contribution in [-0.2, 0) is 4.74 Å². The molecule has 0 spiro atoms. The van der Waals surface area contributed by atoms with Crippen molar-refractivity contribution in [1.29, 1.82) is 0 Å². The van der Waals surface area contributed by atoms with Crippen LogP contribution in [0.1, 0.15) is 47.5 Å². The van der Waals surface area contributed by atoms with Crippen molar-refractivity contribution in [2.45, 2.75) is 64.7 Å². The second-order valence-corrected chi connectivity index (χ2v) is 7.25. The number of aromatic nitrogens is 1. The van der Waals surface area contributed by atoms with Gasteiger partial charge >= 0.3 is 0 Å². The van der Waals surface area contributed by atoms with Crippen molar-refractivity contribution in [3.63, 3.8) is 0 Å². The molecule has 3 N–H and O–H groups in total. The van der Waals surface area contributed by atoms with Gasteiger partial charge in [-0.15, -0.1) is 0 Å². The lowest BCUT2D eigenvalue weighted by molar-refractivity contribution is -0.0553. The summed E-state index contributed by atoms with van der Waals surface area (Å²) in [6.07, 6.45) is 1.93. The maximum Gasteiger partial charge on any atom is 0.239 e. The van der Waals surface area contributed by atoms with E-state index in [2.05, 4.69) is 24.1 Å². The predicted molar refractivity (Wildman–Crippen MR) is 85.7 cm³/mol. The molecule has 1 atom stereocenters. The Bertz CT molecular complexity index is 495. The molecule has 1 unspecified atom stereocenters. The number of nitrogens with zero attached hydrogens (tertiary/aromatic N) is 1. The van der Waals surface area contributed by atoms with Crippen molar-refractivity contribution >= 4 is 11.5 Å². The first-order valence-electron chi connectivity index (χ1n) is 7.51. The molecule has 118 valence electrons. The Morgan fingerprint density at radius 3 is 2.71 bits per heavy atom. The van der Waals surface area contributed by atoms with E-state index in [1.165, 1.54) is 0 Å². The van der Waals surface area contributed by atoms with E-state index >= 15 is 0 Å². The van der Waals surface area contributed by atoms with E-state index in [-0.39, 0.29) is 11.2 Å². The van der Waals surface area contributed by atoms with Crippen molar-refractivity contribution in [3.05, 3.63) is 12.1 Å². The van der Waals surface area contributed by atoms with Crippen LogP contribution in [0.3, 0.4) is 0 Å². The summed E-state index contributed by atoms with van der Waals surface area (Å²) in [5, 5.41) is 3.46. The van der Waals surface area contributed by atoms with E-state index < -0.39 is 0 Å². The average Bonchev–Trinajstić information content (AvgIpc) is 2.30. The maximum absolute atomic E-state index is 5.94. The highest BCUT2D eigenvalue weighted by molar-refractivity contribution is 5.54. The van der Waals surface area contributed by atoms with Crippen LogP contribution in [0.4, 0.5) is 11.5 Å². The van der Waals surface area contributed by atoms with Gasteiger partial charge in [-0.3, -0.25) is 0 Å². The van der Waals surface area contributed by atoms with Gasteiger partial charge < -0.3 is 20.5 Å². The molecule has 5 nitrogen and oxygen atoms in total. The van der Waals surface area contributed by atoms with Crippen LogP contribution >= 0.6 is 0 Å². The fraction of sp³-hybridized carbons (Fsp3) is 0.688. The average molecular weight is 293 g/mol. The summed E-state index contributed by atoms with van der Waals surface area (Å²) in [5.74, 6) is 1.28. The molecule has 0 aliphatic carbocycles. The summed E-state index contributed by atoms with van der Waals surface area (Å²) >= 11 is 0. The predicted octanol–water partition coefficient (Wildman–Crippen LogP) is 3.21. The largest absolute Gasteiger partial charge is 0.470 e. The zero-order valence-electron chi connectivity index (χ0n) is 13.7. The molecular weight excluding hydrogens is 266 g/mol. The van der Waals surface area contributed by atoms with Gasteiger partial charge in [-0.25, -0.2) is 0 Å². The number of pyridine rings is 1. The maximum atomic E-state index is 5.94. The highest BCUT2D eigenvalue weighted by Gasteiger charge is 2.29. The minimum Gasteiger partial charge on any atom is -0.470 e. The SMILES string of the molecule is CC(C)(C)Oc1nc(NC2CCOC(C)(C)C2)ccc1N. The number of rotatable bonds is 3. The smallest absolute Gasteiger partial charge is 0.239 e. The van der Waals surface area contributed by atoms with Crippen LogP contribution in [0.5, 0.6) is 5.88 Å². The Morgan fingerprint density at radius 1 is 1.38 bits per heavy atom. The van der Waals surface area contributed by atoms with E-state index in [0.717, 1.165) is 25.3 Å². The normalized spacial score (nSPS) is 21.9. The number of nitrogens with two attached hydrogens (primary N) is 1. The van der Waals surface area contributed by atoms with Gasteiger partial charge in [-0.2, -0.15) is 4.98 Å². The molecule has 2 rings (SSSR count). The van der Waals surface area contributed by atoms with Gasteiger partial charge in [-0.05, 0) is 59.6 Å². The van der Waals surface area contributed by atoms with Crippen LogP contribution in [0.15, 0.2) is 12.1 Å². The number of nitrogens with one attached hydrogen (secondary N) is 1. The monoisotopic (exact) mass is 293 g/mol. The summed E-state index contributed by atoms with van der Waals surface area (Å²) in [6.45, 7) is 10.9. The molecule has 5 heteroatoms. The summed E-state index contributed by atoms with van der Waals surface area (Å²) in [7, 11) is 0. The minimum absolute atomic E-state index is 0.0888. The van der Waals surface area contributed by atoms with Crippen LogP contribution < -0.4 is 15.8 Å². The molecule has 1 saturated heterocycles. The standard InChI is InChI=1S/C16H27N3O2/c1-15(2,3)21-14-12(17)6-7-13(19-14)18-11-8-9-20-16(4,5)10-11/h6-7,11H,8-10,17H2,1-5H3,(H,18,19). The Kier molecular flexibility index (Phi) is 4.33. The molecule has 1 aliphatic heterocycles. The highest BCUT2D eigenvalue weighted by atomic mass is 16.5. The second-order valence-electron chi connectivity index (χ2n) is 7.25. The Balaban J connectivity index is 2.08. The van der Waals surface area contributed by atoms with E-state index in [0.29, 0.717) is 17.6 Å². The molecule has 1 aromatic heterocycles. The first-order valence-corrected chi connectivity index (χ1v) is 7.51. The van der Waals surface area contributed by atoms with Crippen molar-refractivity contribution in [3.8, 4) is 5.88 Å². The van der Waals surface area contributed by atoms with Gasteiger partial charge in [0.15, 0.2) is 0 Å². The molecule has 1 aliphatic rings. The summed E-state index contributed by atoms with van der Waals surface area (Å²) in [5.41, 5.74) is 6.09. The van der Waals surface area contributed by atoms with Crippen molar-refractivity contribution in [2.24, 2.45) is 0 Å². The van der Waals surface area contributed by atoms with Gasteiger partial charge in [0.1, 0.15) is 11.4 Å². The van der Waals surface area contributed by atoms with E-state index in [9.17, 15) is 0 Å². The molecule has 21 heavy (non-hydrogen) atoms. The van der Waals surface area contributed by atoms with Gasteiger partial charge in [0, 0.05) is 12.6 Å². The summed E-state index contributed by atoms with van der Waals surface area (Å²) in [6, 6.07) is 4.08. The molecule has 0 aromatic carbocycles. The molecule has 1 fully saturated rings. The molecule has 0 bridgehead atoms. The lowest BCUT2D eigenvalue weighted by Gasteiger charge is -2.36. The Morgan fingerprint density at radius 2 is 2.10 bits per heavy atom. The van der Waals surface area contributed by atoms with Crippen LogP contribution in [0.2, 0.25) is 0 Å². The third-order valence-electron chi connectivity index (χ3n) is 3.34. The zero-order valence-corrected chi connectivity index (χ0v) is 13.7. The van der Waals surface area contributed by atoms with Gasteiger partial charge in [0.05, 0.1) is 11.3 Å². The highest BCUT2D eigenvalue weighted by Crippen LogP contribution is 2.28. The van der Waals surface area contributed by atoms with Crippen LogP contribution in [0, 0.1) is 0 Å². The first-order chi connectivity index (χ1) is 9.65.